The maximum Gasteiger partial charge on any atom is 0.410 e. The molecule has 2 fully saturated rings. The van der Waals surface area contributed by atoms with Crippen LogP contribution in [-0.4, -0.2) is 71.4 Å². The second-order valence-corrected chi connectivity index (χ2v) is 8.72. The summed E-state index contributed by atoms with van der Waals surface area (Å²) >= 11 is 0. The topological polar surface area (TPSA) is 70.2 Å². The lowest BCUT2D eigenvalue weighted by Gasteiger charge is -2.36. The van der Waals surface area contributed by atoms with Gasteiger partial charge in [0.25, 0.3) is 11.8 Å². The van der Waals surface area contributed by atoms with Crippen molar-refractivity contribution in [3.63, 3.8) is 0 Å². The summed E-state index contributed by atoms with van der Waals surface area (Å²) in [5.74, 6) is -3.28. The molecule has 4 rings (SSSR count). The van der Waals surface area contributed by atoms with Crippen molar-refractivity contribution in [2.24, 2.45) is 0 Å². The van der Waals surface area contributed by atoms with Crippen LogP contribution in [0.1, 0.15) is 59.1 Å². The van der Waals surface area contributed by atoms with Crippen LogP contribution in [0.25, 0.3) is 0 Å². The molecule has 1 atom stereocenters. The summed E-state index contributed by atoms with van der Waals surface area (Å²) in [6.45, 7) is 4.99. The fourth-order valence-corrected chi connectivity index (χ4v) is 4.80. The van der Waals surface area contributed by atoms with Gasteiger partial charge in [-0.1, -0.05) is 30.3 Å². The molecule has 0 bridgehead atoms. The first-order valence-corrected chi connectivity index (χ1v) is 11.9. The van der Waals surface area contributed by atoms with Crippen LogP contribution in [0.4, 0.5) is 13.6 Å². The molecule has 2 aliphatic heterocycles. The van der Waals surface area contributed by atoms with E-state index in [9.17, 15) is 23.2 Å². The van der Waals surface area contributed by atoms with Crippen LogP contribution in [0.5, 0.6) is 0 Å². The molecular formula is C26H29F2N3O4. The van der Waals surface area contributed by atoms with Crippen molar-refractivity contribution < 1.29 is 27.9 Å². The van der Waals surface area contributed by atoms with E-state index in [0.717, 1.165) is 17.7 Å². The molecule has 2 aromatic rings. The average Bonchev–Trinajstić information content (AvgIpc) is 3.27. The Labute approximate surface area is 203 Å². The molecule has 0 aromatic heterocycles. The Hall–Kier alpha value is -3.49. The highest BCUT2D eigenvalue weighted by atomic mass is 19.1. The summed E-state index contributed by atoms with van der Waals surface area (Å²) in [6.07, 6.45) is 0.197. The Bertz CT molecular complexity index is 1100. The maximum absolute atomic E-state index is 14.8. The largest absolute Gasteiger partial charge is 0.439 e. The van der Waals surface area contributed by atoms with Gasteiger partial charge in [0.15, 0.2) is 0 Å². The third kappa shape index (κ3) is 4.85. The smallest absolute Gasteiger partial charge is 0.410 e. The highest BCUT2D eigenvalue weighted by Crippen LogP contribution is 2.31. The third-order valence-electron chi connectivity index (χ3n) is 6.79. The Balaban J connectivity index is 1.47. The fraction of sp³-hybridized carbons (Fsp3) is 0.423. The van der Waals surface area contributed by atoms with Gasteiger partial charge in [-0.3, -0.25) is 9.59 Å². The van der Waals surface area contributed by atoms with Gasteiger partial charge in [-0.15, -0.1) is 0 Å². The van der Waals surface area contributed by atoms with E-state index in [0.29, 0.717) is 32.5 Å². The number of nitrogens with zero attached hydrogens (tertiary/aromatic N) is 3. The molecule has 35 heavy (non-hydrogen) atoms. The Kier molecular flexibility index (Phi) is 7.33. The SMILES string of the molecule is CCN(CC)C(=O)c1c(F)ccc(F)c1C(=O)N1CCC(N2CC(c3ccccc3)OC2=O)CC1. The number of hydrogen-bond donors (Lipinski definition) is 0. The lowest BCUT2D eigenvalue weighted by atomic mass is 9.99. The third-order valence-corrected chi connectivity index (χ3v) is 6.79. The van der Waals surface area contributed by atoms with Crippen LogP contribution in [0, 0.1) is 11.6 Å². The molecule has 0 saturated carbocycles. The van der Waals surface area contributed by atoms with Crippen molar-refractivity contribution in [1.82, 2.24) is 14.7 Å². The normalized spacial score (nSPS) is 18.5. The van der Waals surface area contributed by atoms with Crippen molar-refractivity contribution in [2.75, 3.05) is 32.7 Å². The Morgan fingerprint density at radius 3 is 2.17 bits per heavy atom. The number of likely N-dealkylation sites (tertiary alicyclic amines) is 1. The highest BCUT2D eigenvalue weighted by Gasteiger charge is 2.39. The number of cyclic esters (lactones) is 1. The minimum Gasteiger partial charge on any atom is -0.439 e. The molecule has 0 radical (unpaired) electrons. The zero-order valence-corrected chi connectivity index (χ0v) is 19.9. The number of rotatable bonds is 6. The van der Waals surface area contributed by atoms with Crippen LogP contribution < -0.4 is 0 Å². The second kappa shape index (κ2) is 10.4. The number of carbonyl (C=O) groups excluding carboxylic acids is 3. The molecule has 9 heteroatoms. The van der Waals surface area contributed by atoms with E-state index in [1.54, 1.807) is 18.7 Å². The molecule has 2 saturated heterocycles. The summed E-state index contributed by atoms with van der Waals surface area (Å²) in [5, 5.41) is 0. The van der Waals surface area contributed by atoms with Crippen LogP contribution in [0.15, 0.2) is 42.5 Å². The molecule has 0 N–H and O–H groups in total. The van der Waals surface area contributed by atoms with Crippen molar-refractivity contribution in [2.45, 2.75) is 38.8 Å². The summed E-state index contributed by atoms with van der Waals surface area (Å²) in [7, 11) is 0. The fourth-order valence-electron chi connectivity index (χ4n) is 4.80. The zero-order valence-electron chi connectivity index (χ0n) is 19.9. The summed E-state index contributed by atoms with van der Waals surface area (Å²) in [6, 6.07) is 11.1. The lowest BCUT2D eigenvalue weighted by Crippen LogP contribution is -2.47. The monoisotopic (exact) mass is 485 g/mol. The molecule has 2 aliphatic rings. The minimum absolute atomic E-state index is 0.130. The Morgan fingerprint density at radius 2 is 1.57 bits per heavy atom. The van der Waals surface area contributed by atoms with Gasteiger partial charge in [-0.2, -0.15) is 0 Å². The predicted molar refractivity (Wildman–Crippen MR) is 125 cm³/mol. The van der Waals surface area contributed by atoms with Crippen molar-refractivity contribution in [3.05, 3.63) is 70.8 Å². The van der Waals surface area contributed by atoms with Crippen molar-refractivity contribution >= 4 is 17.9 Å². The van der Waals surface area contributed by atoms with Crippen molar-refractivity contribution in [1.29, 1.82) is 0 Å². The molecule has 3 amide bonds. The summed E-state index contributed by atoms with van der Waals surface area (Å²) in [4.78, 5) is 43.1. The van der Waals surface area contributed by atoms with Gasteiger partial charge in [0, 0.05) is 32.2 Å². The molecule has 2 heterocycles. The minimum atomic E-state index is -0.928. The molecule has 186 valence electrons. The highest BCUT2D eigenvalue weighted by molar-refractivity contribution is 6.07. The molecule has 1 unspecified atom stereocenters. The van der Waals surface area contributed by atoms with Gasteiger partial charge in [-0.05, 0) is 44.4 Å². The number of halogens is 2. The van der Waals surface area contributed by atoms with Gasteiger partial charge < -0.3 is 19.4 Å². The number of amides is 3. The van der Waals surface area contributed by atoms with Gasteiger partial charge in [0.1, 0.15) is 17.7 Å². The van der Waals surface area contributed by atoms with Crippen LogP contribution in [-0.2, 0) is 4.74 Å². The van der Waals surface area contributed by atoms with Crippen LogP contribution >= 0.6 is 0 Å². The zero-order chi connectivity index (χ0) is 25.1. The number of benzene rings is 2. The standard InChI is InChI=1S/C26H29F2N3O4/c1-3-29(4-2)24(32)22-19(27)10-11-20(28)23(22)25(33)30-14-12-18(13-15-30)31-16-21(35-26(31)34)17-8-6-5-7-9-17/h5-11,18,21H,3-4,12-16H2,1-2H3. The first-order valence-electron chi connectivity index (χ1n) is 11.9. The van der Waals surface area contributed by atoms with Gasteiger partial charge >= 0.3 is 6.09 Å². The molecular weight excluding hydrogens is 456 g/mol. The quantitative estimate of drug-likeness (QED) is 0.614. The van der Waals surface area contributed by atoms with Crippen LogP contribution in [0.3, 0.4) is 0 Å². The van der Waals surface area contributed by atoms with E-state index in [-0.39, 0.29) is 25.2 Å². The average molecular weight is 486 g/mol. The lowest BCUT2D eigenvalue weighted by molar-refractivity contribution is 0.0639. The van der Waals surface area contributed by atoms with Gasteiger partial charge in [0.2, 0.25) is 0 Å². The predicted octanol–water partition coefficient (Wildman–Crippen LogP) is 4.24. The molecule has 2 aromatic carbocycles. The molecule has 0 spiro atoms. The van der Waals surface area contributed by atoms with Gasteiger partial charge in [-0.25, -0.2) is 13.6 Å². The van der Waals surface area contributed by atoms with E-state index in [4.69, 9.17) is 4.74 Å². The maximum atomic E-state index is 14.8. The Morgan fingerprint density at radius 1 is 0.971 bits per heavy atom. The van der Waals surface area contributed by atoms with E-state index >= 15 is 0 Å². The van der Waals surface area contributed by atoms with E-state index < -0.39 is 40.7 Å². The van der Waals surface area contributed by atoms with Gasteiger partial charge in [0.05, 0.1) is 17.7 Å². The number of ether oxygens (including phenoxy) is 1. The van der Waals surface area contributed by atoms with Crippen LogP contribution in [0.2, 0.25) is 0 Å². The summed E-state index contributed by atoms with van der Waals surface area (Å²) in [5.41, 5.74) is -0.150. The molecule has 7 nitrogen and oxygen atoms in total. The first kappa shape index (κ1) is 24.6. The van der Waals surface area contributed by atoms with Crippen molar-refractivity contribution in [3.8, 4) is 0 Å². The number of carbonyl (C=O) groups is 3. The first-order chi connectivity index (χ1) is 16.8. The summed E-state index contributed by atoms with van der Waals surface area (Å²) < 4.78 is 35.0. The van der Waals surface area contributed by atoms with E-state index in [1.807, 2.05) is 30.3 Å². The second-order valence-electron chi connectivity index (χ2n) is 8.72. The number of piperidine rings is 1. The number of hydrogen-bond acceptors (Lipinski definition) is 4. The van der Waals surface area contributed by atoms with E-state index in [1.165, 1.54) is 9.80 Å². The van der Waals surface area contributed by atoms with E-state index in [2.05, 4.69) is 0 Å². The molecule has 0 aliphatic carbocycles.